The summed E-state index contributed by atoms with van der Waals surface area (Å²) >= 11 is 0. The van der Waals surface area contributed by atoms with Gasteiger partial charge in [0, 0.05) is 34.3 Å². The summed E-state index contributed by atoms with van der Waals surface area (Å²) in [6.45, 7) is 29.9. The van der Waals surface area contributed by atoms with Crippen molar-refractivity contribution in [1.82, 2.24) is 9.55 Å². The van der Waals surface area contributed by atoms with Gasteiger partial charge < -0.3 is 9.30 Å². The molecule has 0 N–H and O–H groups in total. The molecule has 0 bridgehead atoms. The molecule has 3 aromatic rings. The van der Waals surface area contributed by atoms with Gasteiger partial charge in [0.15, 0.2) is 0 Å². The highest BCUT2D eigenvalue weighted by atomic mass is 16.5. The number of nitrogens with zero attached hydrogens (tertiary/aromatic N) is 2. The Morgan fingerprint density at radius 1 is 0.913 bits per heavy atom. The highest BCUT2D eigenvalue weighted by Gasteiger charge is 2.29. The van der Waals surface area contributed by atoms with Gasteiger partial charge in [0.05, 0.1) is 11.4 Å². The Morgan fingerprint density at radius 2 is 1.57 bits per heavy atom. The lowest BCUT2D eigenvalue weighted by molar-refractivity contribution is 0.0419. The van der Waals surface area contributed by atoms with Gasteiger partial charge in [-0.3, -0.25) is 4.98 Å². The molecule has 0 aliphatic heterocycles. The molecule has 0 fully saturated rings. The third kappa shape index (κ3) is 7.88. The topological polar surface area (TPSA) is 27.1 Å². The van der Waals surface area contributed by atoms with Gasteiger partial charge in [-0.15, -0.1) is 13.2 Å². The number of ether oxygens (including phenoxy) is 1. The van der Waals surface area contributed by atoms with Crippen molar-refractivity contribution in [3.05, 3.63) is 138 Å². The quantitative estimate of drug-likeness (QED) is 0.212. The van der Waals surface area contributed by atoms with Crippen LogP contribution in [0.2, 0.25) is 0 Å². The molecule has 3 nitrogen and oxygen atoms in total. The van der Waals surface area contributed by atoms with Crippen molar-refractivity contribution in [2.75, 3.05) is 0 Å². The van der Waals surface area contributed by atoms with Crippen molar-refractivity contribution in [1.29, 1.82) is 0 Å². The average Bonchev–Trinajstić information content (AvgIpc) is 3.21. The summed E-state index contributed by atoms with van der Waals surface area (Å²) < 4.78 is 9.31. The molecular formula is C43H54N2O. The van der Waals surface area contributed by atoms with Crippen LogP contribution < -0.4 is 0 Å². The number of hydrogen-bond donors (Lipinski definition) is 0. The number of pyridine rings is 1. The fraction of sp³-hybridized carbons (Fsp3) is 0.326. The second-order valence-corrected chi connectivity index (χ2v) is 13.0. The summed E-state index contributed by atoms with van der Waals surface area (Å²) in [5.41, 5.74) is 11.1. The summed E-state index contributed by atoms with van der Waals surface area (Å²) in [7, 11) is 0. The van der Waals surface area contributed by atoms with E-state index in [1.54, 1.807) is 0 Å². The number of rotatable bonds is 10. The van der Waals surface area contributed by atoms with Crippen LogP contribution in [0.15, 0.2) is 104 Å². The zero-order valence-corrected chi connectivity index (χ0v) is 29.7. The summed E-state index contributed by atoms with van der Waals surface area (Å²) in [6.07, 6.45) is 19.8. The van der Waals surface area contributed by atoms with Crippen molar-refractivity contribution in [3.8, 4) is 5.69 Å². The van der Waals surface area contributed by atoms with Crippen LogP contribution in [0.5, 0.6) is 0 Å². The number of aromatic nitrogens is 2. The molecule has 46 heavy (non-hydrogen) atoms. The van der Waals surface area contributed by atoms with E-state index in [1.807, 2.05) is 18.3 Å². The van der Waals surface area contributed by atoms with Crippen LogP contribution in [0.25, 0.3) is 35.1 Å². The minimum atomic E-state index is -0.347. The van der Waals surface area contributed by atoms with Gasteiger partial charge >= 0.3 is 0 Å². The molecule has 1 aromatic carbocycles. The number of allylic oxidation sites excluding steroid dienone is 7. The fourth-order valence-corrected chi connectivity index (χ4v) is 5.69. The van der Waals surface area contributed by atoms with Gasteiger partial charge in [-0.1, -0.05) is 89.3 Å². The fourth-order valence-electron chi connectivity index (χ4n) is 5.69. The third-order valence-corrected chi connectivity index (χ3v) is 8.50. The van der Waals surface area contributed by atoms with Crippen LogP contribution in [0.1, 0.15) is 109 Å². The van der Waals surface area contributed by atoms with Gasteiger partial charge in [-0.05, 0) is 106 Å². The van der Waals surface area contributed by atoms with Crippen molar-refractivity contribution in [3.63, 3.8) is 0 Å². The zero-order valence-electron chi connectivity index (χ0n) is 29.7. The minimum Gasteiger partial charge on any atom is -0.487 e. The van der Waals surface area contributed by atoms with Gasteiger partial charge in [0.2, 0.25) is 0 Å². The second kappa shape index (κ2) is 15.8. The Bertz CT molecular complexity index is 1650. The van der Waals surface area contributed by atoms with E-state index in [0.29, 0.717) is 0 Å². The Hall–Kier alpha value is -4.37. The maximum absolute atomic E-state index is 6.96. The molecule has 1 aliphatic rings. The SMILES string of the molecule is C=C.C=Cc1c(CC)c(/C=C\C)n(-c2ccc(C3=CCC(C(C)(C)C)=CC(c4ccccn4)=C3OC(C)(C)CC)cc2)c1/C=C\C. The van der Waals surface area contributed by atoms with Crippen LogP contribution in [0, 0.1) is 5.41 Å². The van der Waals surface area contributed by atoms with Crippen molar-refractivity contribution in [2.45, 2.75) is 87.2 Å². The first-order valence-corrected chi connectivity index (χ1v) is 16.5. The molecule has 242 valence electrons. The molecular weight excluding hydrogens is 560 g/mol. The molecule has 3 heteroatoms. The maximum atomic E-state index is 6.96. The molecule has 2 heterocycles. The lowest BCUT2D eigenvalue weighted by atomic mass is 9.83. The monoisotopic (exact) mass is 614 g/mol. The van der Waals surface area contributed by atoms with Crippen molar-refractivity contribution >= 4 is 29.4 Å². The van der Waals surface area contributed by atoms with E-state index in [-0.39, 0.29) is 11.0 Å². The van der Waals surface area contributed by atoms with Gasteiger partial charge in [0.1, 0.15) is 11.4 Å². The predicted octanol–water partition coefficient (Wildman–Crippen LogP) is 12.3. The molecule has 0 spiro atoms. The first-order valence-electron chi connectivity index (χ1n) is 16.5. The third-order valence-electron chi connectivity index (χ3n) is 8.50. The highest BCUT2D eigenvalue weighted by molar-refractivity contribution is 5.92. The zero-order chi connectivity index (χ0) is 34.1. The van der Waals surface area contributed by atoms with E-state index in [0.717, 1.165) is 58.8 Å². The second-order valence-electron chi connectivity index (χ2n) is 13.0. The molecule has 0 unspecified atom stereocenters. The highest BCUT2D eigenvalue weighted by Crippen LogP contribution is 2.42. The Kier molecular flexibility index (Phi) is 12.4. The standard InChI is InChI=1S/C41H50N2O.C2H4/c1-11-18-37-32(13-3)33(14-4)38(19-12-2)43(37)31-24-21-29(22-25-31)34-26-23-30(40(6,7)8)28-35(36-20-16-17-27-42-36)39(34)44-41(9,10)15-5;1-2/h11-13,16-22,24-28H,3,14-15,23H2,1-2,4-10H3;1-2H2/b18-11-,19-12-;. The molecule has 0 saturated heterocycles. The maximum Gasteiger partial charge on any atom is 0.137 e. The normalized spacial score (nSPS) is 14.1. The number of benzene rings is 1. The minimum absolute atomic E-state index is 0.00187. The van der Waals surface area contributed by atoms with Gasteiger partial charge in [0.25, 0.3) is 0 Å². The van der Waals surface area contributed by atoms with Crippen LogP contribution in [0.3, 0.4) is 0 Å². The molecule has 0 amide bonds. The molecule has 0 radical (unpaired) electrons. The Morgan fingerprint density at radius 3 is 2.09 bits per heavy atom. The molecule has 0 atom stereocenters. The molecule has 1 aliphatic carbocycles. The first-order chi connectivity index (χ1) is 22.0. The summed E-state index contributed by atoms with van der Waals surface area (Å²) in [5.74, 6) is 0.884. The first kappa shape index (κ1) is 36.1. The van der Waals surface area contributed by atoms with Crippen LogP contribution in [-0.4, -0.2) is 15.2 Å². The largest absolute Gasteiger partial charge is 0.487 e. The van der Waals surface area contributed by atoms with Crippen LogP contribution >= 0.6 is 0 Å². The lowest BCUT2D eigenvalue weighted by Crippen LogP contribution is -2.23. The molecule has 4 rings (SSSR count). The Labute approximate surface area is 279 Å². The molecule has 0 saturated carbocycles. The van der Waals surface area contributed by atoms with E-state index < -0.39 is 0 Å². The lowest BCUT2D eigenvalue weighted by Gasteiger charge is -2.29. The smallest absolute Gasteiger partial charge is 0.137 e. The Balaban J connectivity index is 0.00000282. The summed E-state index contributed by atoms with van der Waals surface area (Å²) in [5, 5.41) is 0. The molecule has 2 aromatic heterocycles. The average molecular weight is 615 g/mol. The van der Waals surface area contributed by atoms with E-state index in [9.17, 15) is 0 Å². The summed E-state index contributed by atoms with van der Waals surface area (Å²) in [4.78, 5) is 4.80. The van der Waals surface area contributed by atoms with Gasteiger partial charge in [-0.2, -0.15) is 0 Å². The van der Waals surface area contributed by atoms with Crippen LogP contribution in [0.4, 0.5) is 0 Å². The predicted molar refractivity (Wildman–Crippen MR) is 203 cm³/mol. The van der Waals surface area contributed by atoms with Crippen molar-refractivity contribution in [2.24, 2.45) is 5.41 Å². The van der Waals surface area contributed by atoms with E-state index in [4.69, 9.17) is 9.72 Å². The van der Waals surface area contributed by atoms with Crippen LogP contribution in [-0.2, 0) is 11.2 Å². The van der Waals surface area contributed by atoms with Crippen molar-refractivity contribution < 1.29 is 4.74 Å². The van der Waals surface area contributed by atoms with E-state index in [2.05, 4.69) is 159 Å². The number of hydrogen-bond acceptors (Lipinski definition) is 2. The summed E-state index contributed by atoms with van der Waals surface area (Å²) in [6, 6.07) is 15.0. The van der Waals surface area contributed by atoms with E-state index in [1.165, 1.54) is 22.4 Å². The van der Waals surface area contributed by atoms with E-state index >= 15 is 0 Å². The van der Waals surface area contributed by atoms with Gasteiger partial charge in [-0.25, -0.2) is 0 Å².